The first-order chi connectivity index (χ1) is 16.5. The van der Waals surface area contributed by atoms with E-state index in [1.54, 1.807) is 14.2 Å². The Labute approximate surface area is 218 Å². The maximum atomic E-state index is 11.7. The van der Waals surface area contributed by atoms with Crippen molar-refractivity contribution in [3.05, 3.63) is 12.2 Å². The van der Waals surface area contributed by atoms with E-state index in [1.165, 1.54) is 25.7 Å². The third-order valence-electron chi connectivity index (χ3n) is 6.30. The van der Waals surface area contributed by atoms with Crippen LogP contribution in [0.2, 0.25) is 0 Å². The summed E-state index contributed by atoms with van der Waals surface area (Å²) in [6, 6.07) is 0. The van der Waals surface area contributed by atoms with Crippen LogP contribution in [0.1, 0.15) is 97.8 Å². The van der Waals surface area contributed by atoms with Crippen LogP contribution in [0.25, 0.3) is 0 Å². The van der Waals surface area contributed by atoms with E-state index < -0.39 is 6.10 Å². The molecule has 0 aliphatic carbocycles. The average Bonchev–Trinajstić information content (AvgIpc) is 2.85. The quantitative estimate of drug-likeness (QED) is 0.0978. The zero-order valence-electron chi connectivity index (χ0n) is 22.5. The third kappa shape index (κ3) is 13.0. The van der Waals surface area contributed by atoms with Crippen LogP contribution in [0.5, 0.6) is 0 Å². The lowest BCUT2D eigenvalue weighted by Gasteiger charge is -2.43. The molecule has 0 bridgehead atoms. The second-order valence-electron chi connectivity index (χ2n) is 9.06. The molecule has 202 valence electrons. The number of ether oxygens (including phenoxy) is 4. The fraction of sp³-hybridized carbons (Fsp3) is 0.926. The van der Waals surface area contributed by atoms with Crippen molar-refractivity contribution >= 4 is 23.5 Å². The molecule has 5 nitrogen and oxygen atoms in total. The van der Waals surface area contributed by atoms with Gasteiger partial charge >= 0.3 is 0 Å². The molecule has 7 heteroatoms. The van der Waals surface area contributed by atoms with Gasteiger partial charge in [0, 0.05) is 20.8 Å². The SMILES string of the molecule is CCCCC/C=C\C[C@H](OC(C)OCC)[C@H](O)C1(CCCCCCC(OC)OC)SCCCS1. The van der Waals surface area contributed by atoms with Gasteiger partial charge in [0.25, 0.3) is 0 Å². The van der Waals surface area contributed by atoms with Crippen LogP contribution in [-0.2, 0) is 18.9 Å². The summed E-state index contributed by atoms with van der Waals surface area (Å²) in [5.74, 6) is 2.21. The molecule has 0 aromatic rings. The number of aliphatic hydroxyl groups excluding tert-OH is 1. The largest absolute Gasteiger partial charge is 0.388 e. The Morgan fingerprint density at radius 1 is 0.941 bits per heavy atom. The van der Waals surface area contributed by atoms with E-state index in [0.717, 1.165) is 62.9 Å². The smallest absolute Gasteiger partial charge is 0.156 e. The van der Waals surface area contributed by atoms with Gasteiger partial charge in [0.1, 0.15) is 6.10 Å². The molecule has 1 unspecified atom stereocenters. The highest BCUT2D eigenvalue weighted by atomic mass is 32.2. The molecule has 1 aliphatic heterocycles. The minimum absolute atomic E-state index is 0.0992. The van der Waals surface area contributed by atoms with E-state index in [4.69, 9.17) is 18.9 Å². The van der Waals surface area contributed by atoms with E-state index in [1.807, 2.05) is 37.4 Å². The molecule has 1 fully saturated rings. The number of hydrogen-bond donors (Lipinski definition) is 1. The topological polar surface area (TPSA) is 57.2 Å². The lowest BCUT2D eigenvalue weighted by molar-refractivity contribution is -0.181. The molecular weight excluding hydrogens is 468 g/mol. The Hall–Kier alpha value is 0.240. The molecule has 1 heterocycles. The Balaban J connectivity index is 2.71. The summed E-state index contributed by atoms with van der Waals surface area (Å²) >= 11 is 3.88. The maximum absolute atomic E-state index is 11.7. The van der Waals surface area contributed by atoms with Crippen LogP contribution in [0.3, 0.4) is 0 Å². The average molecular weight is 521 g/mol. The van der Waals surface area contributed by atoms with Crippen molar-refractivity contribution in [2.24, 2.45) is 0 Å². The highest BCUT2D eigenvalue weighted by molar-refractivity contribution is 8.18. The van der Waals surface area contributed by atoms with Crippen LogP contribution >= 0.6 is 23.5 Å². The molecular formula is C27H52O5S2. The standard InChI is InChI=1S/C27H52O5S2/c1-6-8-9-10-11-14-18-24(32-23(3)31-7-2)26(28)27(33-21-17-22-34-27)20-16-13-12-15-19-25(29-4)30-5/h11,14,23-26,28H,6-10,12-13,15-22H2,1-5H3/b14-11-/t23?,24-,26-/m0/s1. The molecule has 0 spiro atoms. The number of thioether (sulfide) groups is 2. The summed E-state index contributed by atoms with van der Waals surface area (Å²) in [6.07, 6.45) is 16.5. The molecule has 0 aromatic carbocycles. The highest BCUT2D eigenvalue weighted by Gasteiger charge is 2.44. The van der Waals surface area contributed by atoms with Crippen LogP contribution in [0, 0.1) is 0 Å². The minimum Gasteiger partial charge on any atom is -0.388 e. The summed E-state index contributed by atoms with van der Waals surface area (Å²) in [6.45, 7) is 6.76. The van der Waals surface area contributed by atoms with Crippen LogP contribution in [-0.4, -0.2) is 66.3 Å². The molecule has 1 N–H and O–H groups in total. The second-order valence-corrected chi connectivity index (χ2v) is 12.2. The Morgan fingerprint density at radius 3 is 2.29 bits per heavy atom. The van der Waals surface area contributed by atoms with E-state index >= 15 is 0 Å². The summed E-state index contributed by atoms with van der Waals surface area (Å²) in [4.78, 5) is 0. The second kappa shape index (κ2) is 20.3. The molecule has 3 atom stereocenters. The van der Waals surface area contributed by atoms with Crippen molar-refractivity contribution in [1.29, 1.82) is 0 Å². The van der Waals surface area contributed by atoms with Crippen molar-refractivity contribution in [1.82, 2.24) is 0 Å². The maximum Gasteiger partial charge on any atom is 0.156 e. The Morgan fingerprint density at radius 2 is 1.65 bits per heavy atom. The number of methoxy groups -OCH3 is 2. The van der Waals surface area contributed by atoms with Gasteiger partial charge in [-0.3, -0.25) is 0 Å². The van der Waals surface area contributed by atoms with Gasteiger partial charge < -0.3 is 24.1 Å². The zero-order chi connectivity index (χ0) is 25.1. The fourth-order valence-electron chi connectivity index (χ4n) is 4.34. The van der Waals surface area contributed by atoms with Gasteiger partial charge in [-0.1, -0.05) is 51.2 Å². The molecule has 0 amide bonds. The monoisotopic (exact) mass is 520 g/mol. The Bertz CT molecular complexity index is 495. The number of hydrogen-bond acceptors (Lipinski definition) is 7. The molecule has 34 heavy (non-hydrogen) atoms. The van der Waals surface area contributed by atoms with Gasteiger partial charge in [0.2, 0.25) is 0 Å². The molecule has 1 aliphatic rings. The van der Waals surface area contributed by atoms with Gasteiger partial charge in [-0.25, -0.2) is 0 Å². The first-order valence-electron chi connectivity index (χ1n) is 13.5. The predicted octanol–water partition coefficient (Wildman–Crippen LogP) is 7.17. The van der Waals surface area contributed by atoms with E-state index in [2.05, 4.69) is 19.1 Å². The zero-order valence-corrected chi connectivity index (χ0v) is 24.1. The lowest BCUT2D eigenvalue weighted by atomic mass is 10.00. The first-order valence-corrected chi connectivity index (χ1v) is 15.4. The summed E-state index contributed by atoms with van der Waals surface area (Å²) < 4.78 is 22.3. The first kappa shape index (κ1) is 32.3. The minimum atomic E-state index is -0.530. The molecule has 1 rings (SSSR count). The van der Waals surface area contributed by atoms with Crippen LogP contribution in [0.4, 0.5) is 0 Å². The van der Waals surface area contributed by atoms with Gasteiger partial charge in [-0.15, -0.1) is 23.5 Å². The number of aliphatic hydroxyl groups is 1. The van der Waals surface area contributed by atoms with Crippen molar-refractivity contribution < 1.29 is 24.1 Å². The number of allylic oxidation sites excluding steroid dienone is 1. The number of unbranched alkanes of at least 4 members (excludes halogenated alkanes) is 6. The van der Waals surface area contributed by atoms with Crippen molar-refractivity contribution in [2.45, 2.75) is 127 Å². The summed E-state index contributed by atoms with van der Waals surface area (Å²) in [7, 11) is 3.39. The van der Waals surface area contributed by atoms with Crippen molar-refractivity contribution in [3.8, 4) is 0 Å². The summed E-state index contributed by atoms with van der Waals surface area (Å²) in [5.41, 5.74) is 0. The van der Waals surface area contributed by atoms with Crippen molar-refractivity contribution in [2.75, 3.05) is 32.3 Å². The van der Waals surface area contributed by atoms with E-state index in [0.29, 0.717) is 6.61 Å². The lowest BCUT2D eigenvalue weighted by Crippen LogP contribution is -2.48. The van der Waals surface area contributed by atoms with E-state index in [9.17, 15) is 5.11 Å². The van der Waals surface area contributed by atoms with Crippen molar-refractivity contribution in [3.63, 3.8) is 0 Å². The highest BCUT2D eigenvalue weighted by Crippen LogP contribution is 2.50. The van der Waals surface area contributed by atoms with Crippen LogP contribution < -0.4 is 0 Å². The molecule has 1 saturated heterocycles. The third-order valence-corrected chi connectivity index (χ3v) is 9.86. The normalized spacial score (nSPS) is 19.0. The van der Waals surface area contributed by atoms with Crippen LogP contribution in [0.15, 0.2) is 12.2 Å². The molecule has 0 aromatic heterocycles. The molecule has 0 radical (unpaired) electrons. The van der Waals surface area contributed by atoms with Gasteiger partial charge in [-0.2, -0.15) is 0 Å². The number of rotatable bonds is 21. The van der Waals surface area contributed by atoms with Gasteiger partial charge in [0.15, 0.2) is 12.6 Å². The van der Waals surface area contributed by atoms with Gasteiger partial charge in [-0.05, 0) is 70.3 Å². The molecule has 0 saturated carbocycles. The fourth-order valence-corrected chi connectivity index (χ4v) is 7.85. The summed E-state index contributed by atoms with van der Waals surface area (Å²) in [5, 5.41) is 11.7. The van der Waals surface area contributed by atoms with Gasteiger partial charge in [0.05, 0.1) is 10.2 Å². The Kier molecular flexibility index (Phi) is 19.3. The predicted molar refractivity (Wildman–Crippen MR) is 148 cm³/mol. The van der Waals surface area contributed by atoms with E-state index in [-0.39, 0.29) is 22.8 Å².